The van der Waals surface area contributed by atoms with Crippen LogP contribution in [0.5, 0.6) is 11.5 Å². The molecule has 1 fully saturated rings. The molecule has 4 nitrogen and oxygen atoms in total. The van der Waals surface area contributed by atoms with Crippen molar-refractivity contribution in [2.75, 3.05) is 20.8 Å². The van der Waals surface area contributed by atoms with Gasteiger partial charge in [-0.15, -0.1) is 0 Å². The Balaban J connectivity index is 2.04. The van der Waals surface area contributed by atoms with E-state index in [1.165, 1.54) is 0 Å². The SMILES string of the molecule is COc1ccc(C(O)(c2ccc(OC)cc2)[C@H]2CCCN2)cc1. The van der Waals surface area contributed by atoms with E-state index in [0.29, 0.717) is 0 Å². The lowest BCUT2D eigenvalue weighted by atomic mass is 9.79. The second kappa shape index (κ2) is 6.60. The second-order valence-corrected chi connectivity index (χ2v) is 5.87. The number of hydrogen-bond acceptors (Lipinski definition) is 4. The molecule has 3 rings (SSSR count). The summed E-state index contributed by atoms with van der Waals surface area (Å²) in [7, 11) is 3.28. The van der Waals surface area contributed by atoms with Crippen molar-refractivity contribution in [2.24, 2.45) is 0 Å². The maximum Gasteiger partial charge on any atom is 0.130 e. The van der Waals surface area contributed by atoms with Gasteiger partial charge in [0, 0.05) is 6.04 Å². The molecule has 0 aliphatic carbocycles. The zero-order valence-electron chi connectivity index (χ0n) is 13.6. The summed E-state index contributed by atoms with van der Waals surface area (Å²) in [6.45, 7) is 0.930. The molecular weight excluding hydrogens is 290 g/mol. The monoisotopic (exact) mass is 313 g/mol. The molecule has 0 radical (unpaired) electrons. The van der Waals surface area contributed by atoms with E-state index in [0.717, 1.165) is 42.0 Å². The van der Waals surface area contributed by atoms with Crippen molar-refractivity contribution in [3.63, 3.8) is 0 Å². The van der Waals surface area contributed by atoms with Gasteiger partial charge < -0.3 is 19.9 Å². The van der Waals surface area contributed by atoms with Gasteiger partial charge in [0.05, 0.1) is 14.2 Å². The zero-order valence-corrected chi connectivity index (χ0v) is 13.6. The Morgan fingerprint density at radius 1 is 0.913 bits per heavy atom. The first kappa shape index (κ1) is 15.8. The van der Waals surface area contributed by atoms with E-state index >= 15 is 0 Å². The number of ether oxygens (including phenoxy) is 2. The molecule has 2 aromatic carbocycles. The summed E-state index contributed by atoms with van der Waals surface area (Å²) in [5.74, 6) is 1.57. The summed E-state index contributed by atoms with van der Waals surface area (Å²) in [6.07, 6.45) is 2.01. The molecule has 1 saturated heterocycles. The van der Waals surface area contributed by atoms with Gasteiger partial charge in [0.25, 0.3) is 0 Å². The van der Waals surface area contributed by atoms with Crippen molar-refractivity contribution < 1.29 is 14.6 Å². The number of rotatable bonds is 5. The summed E-state index contributed by atoms with van der Waals surface area (Å²) in [5, 5.41) is 15.1. The van der Waals surface area contributed by atoms with Gasteiger partial charge in [-0.1, -0.05) is 24.3 Å². The van der Waals surface area contributed by atoms with Gasteiger partial charge in [0.15, 0.2) is 0 Å². The van der Waals surface area contributed by atoms with Crippen LogP contribution in [0.2, 0.25) is 0 Å². The largest absolute Gasteiger partial charge is 0.497 e. The van der Waals surface area contributed by atoms with Crippen molar-refractivity contribution in [2.45, 2.75) is 24.5 Å². The highest BCUT2D eigenvalue weighted by Gasteiger charge is 2.41. The van der Waals surface area contributed by atoms with Crippen molar-refractivity contribution in [1.29, 1.82) is 0 Å². The first-order valence-corrected chi connectivity index (χ1v) is 7.93. The second-order valence-electron chi connectivity index (χ2n) is 5.87. The minimum atomic E-state index is -1.07. The van der Waals surface area contributed by atoms with Crippen LogP contribution in [0.1, 0.15) is 24.0 Å². The third-order valence-corrected chi connectivity index (χ3v) is 4.62. The third kappa shape index (κ3) is 2.92. The molecule has 1 aliphatic rings. The van der Waals surface area contributed by atoms with Crippen LogP contribution in [0.25, 0.3) is 0 Å². The molecule has 0 bridgehead atoms. The standard InChI is InChI=1S/C19H23NO3/c1-22-16-9-5-14(6-10-16)19(21,18-4-3-13-20-18)15-7-11-17(23-2)12-8-15/h5-12,18,20-21H,3-4,13H2,1-2H3/t18-/m1/s1. The molecule has 4 heteroatoms. The van der Waals surface area contributed by atoms with Crippen LogP contribution in [0.4, 0.5) is 0 Å². The van der Waals surface area contributed by atoms with Crippen LogP contribution in [-0.4, -0.2) is 31.9 Å². The summed E-state index contributed by atoms with van der Waals surface area (Å²) < 4.78 is 10.5. The Morgan fingerprint density at radius 2 is 1.39 bits per heavy atom. The molecule has 23 heavy (non-hydrogen) atoms. The molecule has 1 heterocycles. The van der Waals surface area contributed by atoms with E-state index in [4.69, 9.17) is 9.47 Å². The molecule has 0 aromatic heterocycles. The molecular formula is C19H23NO3. The van der Waals surface area contributed by atoms with E-state index in [9.17, 15) is 5.11 Å². The average Bonchev–Trinajstić information content (AvgIpc) is 3.16. The van der Waals surface area contributed by atoms with Gasteiger partial charge in [0.2, 0.25) is 0 Å². The predicted octanol–water partition coefficient (Wildman–Crippen LogP) is 2.69. The normalized spacial score (nSPS) is 18.0. The van der Waals surface area contributed by atoms with Gasteiger partial charge in [-0.05, 0) is 54.8 Å². The van der Waals surface area contributed by atoms with E-state index in [2.05, 4.69) is 5.32 Å². The Morgan fingerprint density at radius 3 is 1.74 bits per heavy atom. The van der Waals surface area contributed by atoms with Crippen molar-refractivity contribution in [3.05, 3.63) is 59.7 Å². The van der Waals surface area contributed by atoms with Crippen LogP contribution in [0.15, 0.2) is 48.5 Å². The fourth-order valence-electron chi connectivity index (χ4n) is 3.30. The van der Waals surface area contributed by atoms with Crippen LogP contribution in [-0.2, 0) is 5.60 Å². The molecule has 1 atom stereocenters. The lowest BCUT2D eigenvalue weighted by Crippen LogP contribution is -2.46. The van der Waals surface area contributed by atoms with E-state index in [1.54, 1.807) is 14.2 Å². The average molecular weight is 313 g/mol. The van der Waals surface area contributed by atoms with Crippen LogP contribution in [0.3, 0.4) is 0 Å². The van der Waals surface area contributed by atoms with E-state index < -0.39 is 5.60 Å². The molecule has 122 valence electrons. The van der Waals surface area contributed by atoms with Gasteiger partial charge in [0.1, 0.15) is 17.1 Å². The lowest BCUT2D eigenvalue weighted by Gasteiger charge is -2.35. The Labute approximate surface area is 137 Å². The highest BCUT2D eigenvalue weighted by Crippen LogP contribution is 2.37. The summed E-state index contributed by atoms with van der Waals surface area (Å²) in [4.78, 5) is 0. The molecule has 0 amide bonds. The fraction of sp³-hybridized carbons (Fsp3) is 0.368. The Hall–Kier alpha value is -2.04. The van der Waals surface area contributed by atoms with Gasteiger partial charge >= 0.3 is 0 Å². The molecule has 0 spiro atoms. The molecule has 2 aromatic rings. The quantitative estimate of drug-likeness (QED) is 0.891. The first-order valence-electron chi connectivity index (χ1n) is 7.93. The van der Waals surface area contributed by atoms with Crippen LogP contribution < -0.4 is 14.8 Å². The van der Waals surface area contributed by atoms with Crippen LogP contribution >= 0.6 is 0 Å². The van der Waals surface area contributed by atoms with Crippen molar-refractivity contribution >= 4 is 0 Å². The summed E-state index contributed by atoms with van der Waals surface area (Å²) in [6, 6.07) is 15.3. The van der Waals surface area contributed by atoms with Gasteiger partial charge in [-0.2, -0.15) is 0 Å². The molecule has 0 unspecified atom stereocenters. The first-order chi connectivity index (χ1) is 11.2. The minimum absolute atomic E-state index is 0.00992. The predicted molar refractivity (Wildman–Crippen MR) is 90.0 cm³/mol. The van der Waals surface area contributed by atoms with E-state index in [1.807, 2.05) is 48.5 Å². The number of methoxy groups -OCH3 is 2. The van der Waals surface area contributed by atoms with Crippen LogP contribution in [0, 0.1) is 0 Å². The maximum absolute atomic E-state index is 11.6. The summed E-state index contributed by atoms with van der Waals surface area (Å²) >= 11 is 0. The maximum atomic E-state index is 11.6. The number of aliphatic hydroxyl groups is 1. The lowest BCUT2D eigenvalue weighted by molar-refractivity contribution is 0.0442. The smallest absolute Gasteiger partial charge is 0.130 e. The molecule has 2 N–H and O–H groups in total. The Kier molecular flexibility index (Phi) is 4.55. The highest BCUT2D eigenvalue weighted by atomic mass is 16.5. The molecule has 0 saturated carbocycles. The van der Waals surface area contributed by atoms with E-state index in [-0.39, 0.29) is 6.04 Å². The number of nitrogens with one attached hydrogen (secondary N) is 1. The number of benzene rings is 2. The minimum Gasteiger partial charge on any atom is -0.497 e. The van der Waals surface area contributed by atoms with Gasteiger partial charge in [-0.3, -0.25) is 0 Å². The third-order valence-electron chi connectivity index (χ3n) is 4.62. The fourth-order valence-corrected chi connectivity index (χ4v) is 3.30. The number of hydrogen-bond donors (Lipinski definition) is 2. The zero-order chi connectivity index (χ0) is 16.3. The molecule has 1 aliphatic heterocycles. The topological polar surface area (TPSA) is 50.7 Å². The van der Waals surface area contributed by atoms with Gasteiger partial charge in [-0.25, -0.2) is 0 Å². The van der Waals surface area contributed by atoms with Crippen molar-refractivity contribution in [1.82, 2.24) is 5.32 Å². The summed E-state index contributed by atoms with van der Waals surface area (Å²) in [5.41, 5.74) is 0.653. The Bertz CT molecular complexity index is 583. The highest BCUT2D eigenvalue weighted by molar-refractivity contribution is 5.42. The van der Waals surface area contributed by atoms with Crippen molar-refractivity contribution in [3.8, 4) is 11.5 Å².